The summed E-state index contributed by atoms with van der Waals surface area (Å²) in [5.41, 5.74) is 11.2. The first-order valence-electron chi connectivity index (χ1n) is 11.6. The summed E-state index contributed by atoms with van der Waals surface area (Å²) in [6.45, 7) is 1.19. The summed E-state index contributed by atoms with van der Waals surface area (Å²) in [7, 11) is 0. The van der Waals surface area contributed by atoms with Gasteiger partial charge in [-0.1, -0.05) is 30.3 Å². The number of halogens is 3. The number of nitrogens with one attached hydrogen (secondary N) is 1. The first-order chi connectivity index (χ1) is 16.9. The van der Waals surface area contributed by atoms with Crippen LogP contribution in [0.1, 0.15) is 42.0 Å². The van der Waals surface area contributed by atoms with E-state index in [2.05, 4.69) is 21.2 Å². The molecule has 9 heteroatoms. The molecular formula is C26H23F3N6. The molecule has 4 aromatic rings. The van der Waals surface area contributed by atoms with Crippen LogP contribution in [-0.4, -0.2) is 33.3 Å². The monoisotopic (exact) mass is 476 g/mol. The average molecular weight is 477 g/mol. The summed E-state index contributed by atoms with van der Waals surface area (Å²) in [5.74, 6) is 1.51. The van der Waals surface area contributed by atoms with Crippen LogP contribution in [0, 0.1) is 0 Å². The van der Waals surface area contributed by atoms with E-state index < -0.39 is 11.7 Å². The Kier molecular flexibility index (Phi) is 5.01. The lowest BCUT2D eigenvalue weighted by atomic mass is 9.98. The van der Waals surface area contributed by atoms with Crippen molar-refractivity contribution in [1.82, 2.24) is 20.2 Å². The molecule has 0 saturated heterocycles. The molecule has 0 bridgehead atoms. The molecule has 0 atom stereocenters. The number of nitrogens with two attached hydrogens (primary N) is 1. The van der Waals surface area contributed by atoms with Crippen molar-refractivity contribution in [3.8, 4) is 11.3 Å². The van der Waals surface area contributed by atoms with Gasteiger partial charge in [0, 0.05) is 30.3 Å². The fourth-order valence-corrected chi connectivity index (χ4v) is 4.62. The smallest absolute Gasteiger partial charge is 0.383 e. The third-order valence-electron chi connectivity index (χ3n) is 6.71. The number of hydrogen-bond acceptors (Lipinski definition) is 5. The van der Waals surface area contributed by atoms with Crippen molar-refractivity contribution in [2.45, 2.75) is 31.4 Å². The molecule has 2 aliphatic rings. The number of alkyl halides is 3. The van der Waals surface area contributed by atoms with E-state index in [4.69, 9.17) is 10.7 Å². The zero-order valence-electron chi connectivity index (χ0n) is 18.8. The van der Waals surface area contributed by atoms with Gasteiger partial charge in [0.1, 0.15) is 5.82 Å². The van der Waals surface area contributed by atoms with E-state index in [-0.39, 0.29) is 0 Å². The van der Waals surface area contributed by atoms with Gasteiger partial charge in [-0.3, -0.25) is 5.10 Å². The van der Waals surface area contributed by atoms with Gasteiger partial charge < -0.3 is 10.6 Å². The Morgan fingerprint density at radius 1 is 1.03 bits per heavy atom. The second kappa shape index (κ2) is 8.11. The highest BCUT2D eigenvalue weighted by Crippen LogP contribution is 2.41. The number of aromatic amines is 1. The van der Waals surface area contributed by atoms with E-state index in [1.165, 1.54) is 25.0 Å². The highest BCUT2D eigenvalue weighted by Gasteiger charge is 2.30. The van der Waals surface area contributed by atoms with Crippen molar-refractivity contribution < 1.29 is 13.2 Å². The van der Waals surface area contributed by atoms with Gasteiger partial charge in [0.2, 0.25) is 5.95 Å². The minimum atomic E-state index is -4.33. The quantitative estimate of drug-likeness (QED) is 0.389. The van der Waals surface area contributed by atoms with Gasteiger partial charge in [-0.25, -0.2) is 4.98 Å². The summed E-state index contributed by atoms with van der Waals surface area (Å²) in [6, 6.07) is 13.2. The Hall–Kier alpha value is -3.88. The van der Waals surface area contributed by atoms with Crippen LogP contribution >= 0.6 is 0 Å². The summed E-state index contributed by atoms with van der Waals surface area (Å²) >= 11 is 0. The van der Waals surface area contributed by atoms with E-state index in [9.17, 15) is 13.2 Å². The first-order valence-corrected chi connectivity index (χ1v) is 11.6. The number of nitrogen functional groups attached to an aromatic ring is 1. The van der Waals surface area contributed by atoms with Crippen molar-refractivity contribution in [3.05, 3.63) is 71.4 Å². The zero-order valence-corrected chi connectivity index (χ0v) is 18.8. The molecule has 6 rings (SSSR count). The van der Waals surface area contributed by atoms with Crippen LogP contribution in [-0.2, 0) is 6.18 Å². The topological polar surface area (TPSA) is 83.7 Å². The van der Waals surface area contributed by atoms with E-state index in [0.717, 1.165) is 51.1 Å². The van der Waals surface area contributed by atoms with Crippen LogP contribution in [0.5, 0.6) is 0 Å². The minimum Gasteiger partial charge on any atom is -0.383 e. The molecule has 3 heterocycles. The SMILES string of the molecule is Nc1nc(N2CC=C(c3ccc(C(F)(F)F)cc3)CC2)nc2cccc(-c3cc(C4CC4)[nH]n3)c12. The van der Waals surface area contributed by atoms with E-state index in [0.29, 0.717) is 37.2 Å². The predicted molar refractivity (Wildman–Crippen MR) is 130 cm³/mol. The third kappa shape index (κ3) is 4.11. The summed E-state index contributed by atoms with van der Waals surface area (Å²) in [6.07, 6.45) is 0.729. The van der Waals surface area contributed by atoms with Crippen LogP contribution in [0.25, 0.3) is 27.7 Å². The van der Waals surface area contributed by atoms with Crippen molar-refractivity contribution in [2.24, 2.45) is 0 Å². The Morgan fingerprint density at radius 3 is 2.51 bits per heavy atom. The lowest BCUT2D eigenvalue weighted by molar-refractivity contribution is -0.137. The van der Waals surface area contributed by atoms with E-state index in [1.54, 1.807) is 0 Å². The number of rotatable bonds is 4. The Labute approximate surface area is 199 Å². The average Bonchev–Trinajstić information content (AvgIpc) is 3.59. The molecule has 2 aromatic heterocycles. The molecule has 35 heavy (non-hydrogen) atoms. The van der Waals surface area contributed by atoms with Gasteiger partial charge in [0.25, 0.3) is 0 Å². The molecular weight excluding hydrogens is 453 g/mol. The van der Waals surface area contributed by atoms with Crippen LogP contribution in [0.15, 0.2) is 54.6 Å². The Bertz CT molecular complexity index is 1430. The van der Waals surface area contributed by atoms with Crippen molar-refractivity contribution in [1.29, 1.82) is 0 Å². The number of benzene rings is 2. The lowest BCUT2D eigenvalue weighted by Gasteiger charge is -2.27. The lowest BCUT2D eigenvalue weighted by Crippen LogP contribution is -2.30. The van der Waals surface area contributed by atoms with Gasteiger partial charge in [0.15, 0.2) is 0 Å². The molecule has 0 spiro atoms. The van der Waals surface area contributed by atoms with Crippen LogP contribution in [0.3, 0.4) is 0 Å². The Morgan fingerprint density at radius 2 is 1.83 bits per heavy atom. The highest BCUT2D eigenvalue weighted by molar-refractivity contribution is 6.01. The van der Waals surface area contributed by atoms with Gasteiger partial charge in [-0.05, 0) is 54.7 Å². The van der Waals surface area contributed by atoms with Crippen molar-refractivity contribution in [2.75, 3.05) is 23.7 Å². The van der Waals surface area contributed by atoms with Gasteiger partial charge in [-0.15, -0.1) is 0 Å². The molecule has 0 unspecified atom stereocenters. The number of aromatic nitrogens is 4. The number of H-pyrrole nitrogens is 1. The maximum absolute atomic E-state index is 12.9. The molecule has 1 fully saturated rings. The third-order valence-corrected chi connectivity index (χ3v) is 6.71. The minimum absolute atomic E-state index is 0.397. The second-order valence-electron chi connectivity index (χ2n) is 9.09. The zero-order chi connectivity index (χ0) is 24.2. The maximum Gasteiger partial charge on any atom is 0.416 e. The standard InChI is InChI=1S/C26H23F3N6/c27-26(28,29)18-8-6-15(7-9-18)16-10-12-35(13-11-16)25-31-20-3-1-2-19(23(20)24(30)32-25)22-14-21(33-34-22)17-4-5-17/h1-3,6-10,14,17H,4-5,11-13H2,(H,33,34)(H2,30,31,32). The molecule has 178 valence electrons. The number of hydrogen-bond donors (Lipinski definition) is 2. The molecule has 6 nitrogen and oxygen atoms in total. The Balaban J connectivity index is 1.26. The molecule has 1 aliphatic heterocycles. The molecule has 0 radical (unpaired) electrons. The molecule has 2 aromatic carbocycles. The normalized spacial score (nSPS) is 16.5. The van der Waals surface area contributed by atoms with Crippen LogP contribution < -0.4 is 10.6 Å². The van der Waals surface area contributed by atoms with Gasteiger partial charge in [-0.2, -0.15) is 23.3 Å². The molecule has 0 amide bonds. The van der Waals surface area contributed by atoms with Crippen LogP contribution in [0.2, 0.25) is 0 Å². The second-order valence-corrected chi connectivity index (χ2v) is 9.09. The fraction of sp³-hybridized carbons (Fsp3) is 0.269. The fourth-order valence-electron chi connectivity index (χ4n) is 4.62. The van der Waals surface area contributed by atoms with E-state index >= 15 is 0 Å². The maximum atomic E-state index is 12.9. The van der Waals surface area contributed by atoms with Crippen LogP contribution in [0.4, 0.5) is 24.9 Å². The van der Waals surface area contributed by atoms with Gasteiger partial charge in [0.05, 0.1) is 22.2 Å². The van der Waals surface area contributed by atoms with Gasteiger partial charge >= 0.3 is 6.18 Å². The largest absolute Gasteiger partial charge is 0.416 e. The summed E-state index contributed by atoms with van der Waals surface area (Å²) in [5, 5.41) is 8.41. The summed E-state index contributed by atoms with van der Waals surface area (Å²) < 4.78 is 38.6. The van der Waals surface area contributed by atoms with E-state index in [1.807, 2.05) is 29.2 Å². The molecule has 3 N–H and O–H groups in total. The van der Waals surface area contributed by atoms with Crippen molar-refractivity contribution >= 4 is 28.2 Å². The highest BCUT2D eigenvalue weighted by atomic mass is 19.4. The first kappa shape index (κ1) is 21.6. The number of anilines is 2. The summed E-state index contributed by atoms with van der Waals surface area (Å²) in [4.78, 5) is 11.4. The molecule has 1 saturated carbocycles. The molecule has 1 aliphatic carbocycles. The predicted octanol–water partition coefficient (Wildman–Crippen LogP) is 5.79. The number of fused-ring (bicyclic) bond motifs is 1. The van der Waals surface area contributed by atoms with Crippen molar-refractivity contribution in [3.63, 3.8) is 0 Å². The number of nitrogens with zero attached hydrogens (tertiary/aromatic N) is 4.